The van der Waals surface area contributed by atoms with Crippen molar-refractivity contribution < 1.29 is 28.6 Å². The van der Waals surface area contributed by atoms with Crippen molar-refractivity contribution in [2.75, 3.05) is 27.4 Å². The van der Waals surface area contributed by atoms with Crippen LogP contribution in [0.15, 0.2) is 36.4 Å². The van der Waals surface area contributed by atoms with Crippen LogP contribution in [0.25, 0.3) is 10.8 Å². The minimum atomic E-state index is -0.566. The molecule has 0 N–H and O–H groups in total. The fraction of sp³-hybridized carbons (Fsp3) is 0.250. The summed E-state index contributed by atoms with van der Waals surface area (Å²) in [5.41, 5.74) is 0.983. The number of carbonyl (C=O) groups excluding carboxylic acids is 3. The molecular formula is C20H19NO6. The number of hydrogen-bond acceptors (Lipinski definition) is 6. The van der Waals surface area contributed by atoms with Crippen molar-refractivity contribution in [2.24, 2.45) is 0 Å². The van der Waals surface area contributed by atoms with E-state index >= 15 is 0 Å². The second kappa shape index (κ2) is 7.11. The Hall–Kier alpha value is -3.35. The molecule has 2 aromatic carbocycles. The van der Waals surface area contributed by atoms with Gasteiger partial charge in [-0.25, -0.2) is 4.79 Å². The molecule has 0 radical (unpaired) electrons. The van der Waals surface area contributed by atoms with Crippen molar-refractivity contribution in [2.45, 2.75) is 6.92 Å². The fourth-order valence-electron chi connectivity index (χ4n) is 3.07. The molecular weight excluding hydrogens is 350 g/mol. The van der Waals surface area contributed by atoms with Crippen molar-refractivity contribution in [3.8, 4) is 11.5 Å². The summed E-state index contributed by atoms with van der Waals surface area (Å²) in [5.74, 6) is -0.461. The molecule has 7 heteroatoms. The molecule has 0 aliphatic carbocycles. The van der Waals surface area contributed by atoms with Crippen LogP contribution < -0.4 is 9.47 Å². The molecule has 2 amide bonds. The topological polar surface area (TPSA) is 82.1 Å². The third-order valence-electron chi connectivity index (χ3n) is 4.37. The lowest BCUT2D eigenvalue weighted by molar-refractivity contribution is -0.139. The Labute approximate surface area is 156 Å². The SMILES string of the molecule is C=C(C)C(=O)OCCN1C(=O)c2ccc(OC)c3c(OC)ccc(c23)C1=O. The summed E-state index contributed by atoms with van der Waals surface area (Å²) in [6, 6.07) is 6.56. The van der Waals surface area contributed by atoms with Gasteiger partial charge in [-0.05, 0) is 31.2 Å². The van der Waals surface area contributed by atoms with E-state index < -0.39 is 17.8 Å². The van der Waals surface area contributed by atoms with Gasteiger partial charge in [-0.3, -0.25) is 14.5 Å². The van der Waals surface area contributed by atoms with Gasteiger partial charge in [0.15, 0.2) is 0 Å². The molecule has 2 aromatic rings. The predicted molar refractivity (Wildman–Crippen MR) is 98.2 cm³/mol. The van der Waals surface area contributed by atoms with E-state index in [0.717, 1.165) is 4.90 Å². The Morgan fingerprint density at radius 1 is 0.963 bits per heavy atom. The van der Waals surface area contributed by atoms with Gasteiger partial charge >= 0.3 is 5.97 Å². The summed E-state index contributed by atoms with van der Waals surface area (Å²) in [4.78, 5) is 38.3. The van der Waals surface area contributed by atoms with Gasteiger partial charge in [0.2, 0.25) is 0 Å². The minimum absolute atomic E-state index is 0.0460. The van der Waals surface area contributed by atoms with Crippen molar-refractivity contribution in [1.29, 1.82) is 0 Å². The van der Waals surface area contributed by atoms with Crippen molar-refractivity contribution >= 4 is 28.6 Å². The maximum atomic E-state index is 12.9. The number of imide groups is 1. The number of ether oxygens (including phenoxy) is 3. The molecule has 0 aromatic heterocycles. The van der Waals surface area contributed by atoms with Gasteiger partial charge in [-0.1, -0.05) is 6.58 Å². The van der Waals surface area contributed by atoms with Crippen LogP contribution in [-0.4, -0.2) is 50.1 Å². The average Bonchev–Trinajstić information content (AvgIpc) is 2.67. The summed E-state index contributed by atoms with van der Waals surface area (Å²) >= 11 is 0. The van der Waals surface area contributed by atoms with E-state index in [1.807, 2.05) is 0 Å². The first-order chi connectivity index (χ1) is 12.9. The first-order valence-electron chi connectivity index (χ1n) is 8.27. The third-order valence-corrected chi connectivity index (χ3v) is 4.37. The highest BCUT2D eigenvalue weighted by atomic mass is 16.5. The monoisotopic (exact) mass is 369 g/mol. The number of rotatable bonds is 6. The molecule has 0 saturated carbocycles. The van der Waals surface area contributed by atoms with Crippen LogP contribution in [0.4, 0.5) is 0 Å². The lowest BCUT2D eigenvalue weighted by Crippen LogP contribution is -2.42. The summed E-state index contributed by atoms with van der Waals surface area (Å²) in [6.45, 7) is 4.87. The molecule has 0 saturated heterocycles. The standard InChI is InChI=1S/C20H19NO6/c1-11(2)20(24)27-10-9-21-18(22)12-5-7-14(25-3)17-15(26-4)8-6-13(16(12)17)19(21)23/h5-8H,1,9-10H2,2-4H3. The van der Waals surface area contributed by atoms with E-state index in [1.165, 1.54) is 21.1 Å². The molecule has 0 bridgehead atoms. The largest absolute Gasteiger partial charge is 0.496 e. The molecule has 7 nitrogen and oxygen atoms in total. The van der Waals surface area contributed by atoms with Gasteiger partial charge in [0.05, 0.1) is 26.2 Å². The Balaban J connectivity index is 2.01. The highest BCUT2D eigenvalue weighted by Crippen LogP contribution is 2.40. The van der Waals surface area contributed by atoms with Gasteiger partial charge in [0.25, 0.3) is 11.8 Å². The Morgan fingerprint density at radius 3 is 1.93 bits per heavy atom. The second-order valence-corrected chi connectivity index (χ2v) is 6.06. The number of hydrogen-bond donors (Lipinski definition) is 0. The molecule has 0 unspecified atom stereocenters. The molecule has 1 heterocycles. The van der Waals surface area contributed by atoms with Crippen LogP contribution >= 0.6 is 0 Å². The quantitative estimate of drug-likeness (QED) is 0.442. The Bertz CT molecular complexity index is 919. The van der Waals surface area contributed by atoms with Gasteiger partial charge < -0.3 is 14.2 Å². The van der Waals surface area contributed by atoms with Crippen LogP contribution in [0.2, 0.25) is 0 Å². The first-order valence-corrected chi connectivity index (χ1v) is 8.27. The zero-order valence-corrected chi connectivity index (χ0v) is 15.3. The number of esters is 1. The molecule has 1 aliphatic rings. The number of methoxy groups -OCH3 is 2. The number of carbonyl (C=O) groups is 3. The van der Waals surface area contributed by atoms with E-state index in [0.29, 0.717) is 33.4 Å². The normalized spacial score (nSPS) is 12.9. The van der Waals surface area contributed by atoms with Gasteiger partial charge in [-0.15, -0.1) is 0 Å². The number of nitrogens with zero attached hydrogens (tertiary/aromatic N) is 1. The molecule has 1 aliphatic heterocycles. The van der Waals surface area contributed by atoms with Gasteiger partial charge in [0.1, 0.15) is 18.1 Å². The Kier molecular flexibility index (Phi) is 4.85. The lowest BCUT2D eigenvalue weighted by atomic mass is 9.93. The molecule has 0 atom stereocenters. The summed E-state index contributed by atoms with van der Waals surface area (Å²) < 4.78 is 15.8. The van der Waals surface area contributed by atoms with E-state index in [2.05, 4.69) is 6.58 Å². The minimum Gasteiger partial charge on any atom is -0.496 e. The average molecular weight is 369 g/mol. The zero-order chi connectivity index (χ0) is 19.7. The molecule has 0 fully saturated rings. The van der Waals surface area contributed by atoms with Crippen LogP contribution in [0.3, 0.4) is 0 Å². The first kappa shape index (κ1) is 18.4. The Morgan fingerprint density at radius 2 is 1.48 bits per heavy atom. The zero-order valence-electron chi connectivity index (χ0n) is 15.3. The van der Waals surface area contributed by atoms with Crippen molar-refractivity contribution in [3.63, 3.8) is 0 Å². The molecule has 27 heavy (non-hydrogen) atoms. The maximum Gasteiger partial charge on any atom is 0.333 e. The fourth-order valence-corrected chi connectivity index (χ4v) is 3.07. The smallest absolute Gasteiger partial charge is 0.333 e. The van der Waals surface area contributed by atoms with Crippen LogP contribution in [0, 0.1) is 0 Å². The molecule has 0 spiro atoms. The second-order valence-electron chi connectivity index (χ2n) is 6.06. The van der Waals surface area contributed by atoms with E-state index in [1.54, 1.807) is 24.3 Å². The maximum absolute atomic E-state index is 12.9. The highest BCUT2D eigenvalue weighted by molar-refractivity contribution is 6.26. The van der Waals surface area contributed by atoms with E-state index in [4.69, 9.17) is 14.2 Å². The van der Waals surface area contributed by atoms with Crippen LogP contribution in [0.5, 0.6) is 11.5 Å². The highest BCUT2D eigenvalue weighted by Gasteiger charge is 2.34. The van der Waals surface area contributed by atoms with Gasteiger partial charge in [0, 0.05) is 22.1 Å². The lowest BCUT2D eigenvalue weighted by Gasteiger charge is -2.28. The van der Waals surface area contributed by atoms with Crippen LogP contribution in [0.1, 0.15) is 27.6 Å². The van der Waals surface area contributed by atoms with Crippen LogP contribution in [-0.2, 0) is 9.53 Å². The summed E-state index contributed by atoms with van der Waals surface area (Å²) in [5, 5.41) is 1.07. The number of amides is 2. The van der Waals surface area contributed by atoms with Crippen molar-refractivity contribution in [3.05, 3.63) is 47.5 Å². The molecule has 140 valence electrons. The summed E-state index contributed by atoms with van der Waals surface area (Å²) in [7, 11) is 3.02. The van der Waals surface area contributed by atoms with Crippen molar-refractivity contribution in [1.82, 2.24) is 4.90 Å². The van der Waals surface area contributed by atoms with Gasteiger partial charge in [-0.2, -0.15) is 0 Å². The predicted octanol–water partition coefficient (Wildman–Crippen LogP) is 2.57. The number of benzene rings is 2. The molecule has 3 rings (SSSR count). The van der Waals surface area contributed by atoms with E-state index in [9.17, 15) is 14.4 Å². The third kappa shape index (κ3) is 3.01. The van der Waals surface area contributed by atoms with E-state index in [-0.39, 0.29) is 18.7 Å². The summed E-state index contributed by atoms with van der Waals surface area (Å²) in [6.07, 6.45) is 0.